The molecule has 0 radical (unpaired) electrons. The minimum Gasteiger partial charge on any atom is -0.491 e. The fourth-order valence-corrected chi connectivity index (χ4v) is 2.23. The van der Waals surface area contributed by atoms with Gasteiger partial charge >= 0.3 is 0 Å². The Hall–Kier alpha value is -2.10. The SMILES string of the molecule is Cc1nn(C)c(C)c1C(=O)c1cccc(OC(C)C)c1. The molecular weight excluding hydrogens is 252 g/mol. The standard InChI is InChI=1S/C16H20N2O2/c1-10(2)20-14-8-6-7-13(9-14)16(19)15-11(3)17-18(5)12(15)4/h6-10H,1-5H3. The van der Waals surface area contributed by atoms with Crippen LogP contribution in [0.5, 0.6) is 5.75 Å². The monoisotopic (exact) mass is 272 g/mol. The van der Waals surface area contributed by atoms with Crippen molar-refractivity contribution >= 4 is 5.78 Å². The molecule has 0 bridgehead atoms. The van der Waals surface area contributed by atoms with E-state index in [1.54, 1.807) is 16.8 Å². The van der Waals surface area contributed by atoms with Gasteiger partial charge < -0.3 is 4.74 Å². The molecule has 0 aliphatic heterocycles. The largest absolute Gasteiger partial charge is 0.491 e. The van der Waals surface area contributed by atoms with Crippen LogP contribution in [0.15, 0.2) is 24.3 Å². The first kappa shape index (κ1) is 14.3. The summed E-state index contributed by atoms with van der Waals surface area (Å²) in [6.07, 6.45) is 0.0854. The molecule has 106 valence electrons. The third-order valence-electron chi connectivity index (χ3n) is 3.20. The number of aryl methyl sites for hydroxylation is 2. The molecule has 1 aromatic heterocycles. The van der Waals surface area contributed by atoms with Gasteiger partial charge in [-0.1, -0.05) is 12.1 Å². The first-order valence-corrected chi connectivity index (χ1v) is 6.71. The number of benzene rings is 1. The van der Waals surface area contributed by atoms with E-state index in [4.69, 9.17) is 4.74 Å². The van der Waals surface area contributed by atoms with Gasteiger partial charge in [-0.15, -0.1) is 0 Å². The van der Waals surface area contributed by atoms with Gasteiger partial charge in [0.2, 0.25) is 0 Å². The Kier molecular flexibility index (Phi) is 3.93. The quantitative estimate of drug-likeness (QED) is 0.803. The fraction of sp³-hybridized carbons (Fsp3) is 0.375. The topological polar surface area (TPSA) is 44.1 Å². The number of ether oxygens (including phenoxy) is 1. The normalized spacial score (nSPS) is 10.9. The van der Waals surface area contributed by atoms with E-state index in [-0.39, 0.29) is 11.9 Å². The van der Waals surface area contributed by atoms with E-state index in [0.29, 0.717) is 16.9 Å². The molecule has 0 N–H and O–H groups in total. The van der Waals surface area contributed by atoms with Crippen molar-refractivity contribution in [2.45, 2.75) is 33.8 Å². The van der Waals surface area contributed by atoms with Gasteiger partial charge in [0, 0.05) is 18.3 Å². The summed E-state index contributed by atoms with van der Waals surface area (Å²) in [5.74, 6) is 0.701. The van der Waals surface area contributed by atoms with Gasteiger partial charge in [0.05, 0.1) is 17.4 Å². The number of aromatic nitrogens is 2. The molecule has 0 amide bonds. The van der Waals surface area contributed by atoms with E-state index in [9.17, 15) is 4.79 Å². The highest BCUT2D eigenvalue weighted by Gasteiger charge is 2.19. The van der Waals surface area contributed by atoms with Gasteiger partial charge in [-0.3, -0.25) is 9.48 Å². The lowest BCUT2D eigenvalue weighted by Crippen LogP contribution is -2.08. The van der Waals surface area contributed by atoms with E-state index in [2.05, 4.69) is 5.10 Å². The zero-order valence-corrected chi connectivity index (χ0v) is 12.6. The van der Waals surface area contributed by atoms with E-state index < -0.39 is 0 Å². The Morgan fingerprint density at radius 3 is 2.55 bits per heavy atom. The second-order valence-electron chi connectivity index (χ2n) is 5.19. The van der Waals surface area contributed by atoms with Crippen molar-refractivity contribution in [3.05, 3.63) is 46.8 Å². The van der Waals surface area contributed by atoms with Crippen molar-refractivity contribution in [2.24, 2.45) is 7.05 Å². The Morgan fingerprint density at radius 1 is 1.30 bits per heavy atom. The predicted molar refractivity (Wildman–Crippen MR) is 78.3 cm³/mol. The lowest BCUT2D eigenvalue weighted by atomic mass is 10.0. The molecule has 0 fully saturated rings. The van der Waals surface area contributed by atoms with Crippen molar-refractivity contribution in [3.8, 4) is 5.75 Å². The molecule has 0 aliphatic carbocycles. The van der Waals surface area contributed by atoms with E-state index in [1.807, 2.05) is 46.9 Å². The minimum absolute atomic E-state index is 0.0118. The maximum Gasteiger partial charge on any atom is 0.196 e. The summed E-state index contributed by atoms with van der Waals surface area (Å²) >= 11 is 0. The summed E-state index contributed by atoms with van der Waals surface area (Å²) in [5.41, 5.74) is 2.93. The molecule has 20 heavy (non-hydrogen) atoms. The van der Waals surface area contributed by atoms with Crippen LogP contribution in [0, 0.1) is 13.8 Å². The summed E-state index contributed by atoms with van der Waals surface area (Å²) in [7, 11) is 1.84. The number of nitrogens with zero attached hydrogens (tertiary/aromatic N) is 2. The van der Waals surface area contributed by atoms with Crippen LogP contribution in [-0.2, 0) is 7.05 Å². The first-order valence-electron chi connectivity index (χ1n) is 6.71. The predicted octanol–water partition coefficient (Wildman–Crippen LogP) is 3.06. The second kappa shape index (κ2) is 5.49. The molecule has 2 aromatic rings. The summed E-state index contributed by atoms with van der Waals surface area (Å²) < 4.78 is 7.37. The molecule has 0 aliphatic rings. The number of hydrogen-bond acceptors (Lipinski definition) is 3. The Balaban J connectivity index is 2.38. The molecule has 2 rings (SSSR count). The number of carbonyl (C=O) groups excluding carboxylic acids is 1. The molecular formula is C16H20N2O2. The van der Waals surface area contributed by atoms with E-state index in [1.165, 1.54) is 0 Å². The van der Waals surface area contributed by atoms with Crippen LogP contribution in [0.3, 0.4) is 0 Å². The smallest absolute Gasteiger partial charge is 0.196 e. The highest BCUT2D eigenvalue weighted by molar-refractivity contribution is 6.10. The third kappa shape index (κ3) is 2.74. The maximum absolute atomic E-state index is 12.6. The van der Waals surface area contributed by atoms with Gasteiger partial charge in [0.25, 0.3) is 0 Å². The number of carbonyl (C=O) groups is 1. The lowest BCUT2D eigenvalue weighted by molar-refractivity contribution is 0.103. The Morgan fingerprint density at radius 2 is 2.00 bits per heavy atom. The van der Waals surface area contributed by atoms with Gasteiger partial charge in [-0.05, 0) is 39.8 Å². The van der Waals surface area contributed by atoms with Crippen LogP contribution >= 0.6 is 0 Å². The molecule has 1 heterocycles. The van der Waals surface area contributed by atoms with E-state index >= 15 is 0 Å². The first-order chi connectivity index (χ1) is 9.40. The molecule has 1 aromatic carbocycles. The zero-order valence-electron chi connectivity index (χ0n) is 12.6. The van der Waals surface area contributed by atoms with Crippen molar-refractivity contribution in [1.29, 1.82) is 0 Å². The van der Waals surface area contributed by atoms with Crippen LogP contribution in [0.1, 0.15) is 41.2 Å². The Bertz CT molecular complexity index is 642. The van der Waals surface area contributed by atoms with Crippen LogP contribution < -0.4 is 4.74 Å². The molecule has 0 saturated carbocycles. The van der Waals surface area contributed by atoms with Crippen LogP contribution in [0.4, 0.5) is 0 Å². The number of rotatable bonds is 4. The molecule has 0 unspecified atom stereocenters. The fourth-order valence-electron chi connectivity index (χ4n) is 2.23. The van der Waals surface area contributed by atoms with Crippen molar-refractivity contribution in [3.63, 3.8) is 0 Å². The van der Waals surface area contributed by atoms with Crippen molar-refractivity contribution in [2.75, 3.05) is 0 Å². The molecule has 0 saturated heterocycles. The molecule has 0 spiro atoms. The summed E-state index contributed by atoms with van der Waals surface area (Å²) in [6.45, 7) is 7.68. The average molecular weight is 272 g/mol. The van der Waals surface area contributed by atoms with Crippen LogP contribution in [-0.4, -0.2) is 21.7 Å². The van der Waals surface area contributed by atoms with Gasteiger partial charge in [0.15, 0.2) is 5.78 Å². The minimum atomic E-state index is -0.0118. The molecule has 4 heteroatoms. The lowest BCUT2D eigenvalue weighted by Gasteiger charge is -2.10. The summed E-state index contributed by atoms with van der Waals surface area (Å²) in [6, 6.07) is 7.29. The van der Waals surface area contributed by atoms with Gasteiger partial charge in [-0.25, -0.2) is 0 Å². The average Bonchev–Trinajstić information content (AvgIpc) is 2.62. The number of hydrogen-bond donors (Lipinski definition) is 0. The van der Waals surface area contributed by atoms with Gasteiger partial charge in [0.1, 0.15) is 5.75 Å². The maximum atomic E-state index is 12.6. The van der Waals surface area contributed by atoms with Gasteiger partial charge in [-0.2, -0.15) is 5.10 Å². The zero-order chi connectivity index (χ0) is 14.9. The molecule has 0 atom stereocenters. The van der Waals surface area contributed by atoms with Crippen molar-refractivity contribution in [1.82, 2.24) is 9.78 Å². The summed E-state index contributed by atoms with van der Waals surface area (Å²) in [5, 5.41) is 4.29. The van der Waals surface area contributed by atoms with Crippen molar-refractivity contribution < 1.29 is 9.53 Å². The van der Waals surface area contributed by atoms with Crippen LogP contribution in [0.25, 0.3) is 0 Å². The second-order valence-corrected chi connectivity index (χ2v) is 5.19. The van der Waals surface area contributed by atoms with E-state index in [0.717, 1.165) is 11.4 Å². The highest BCUT2D eigenvalue weighted by Crippen LogP contribution is 2.21. The van der Waals surface area contributed by atoms with Crippen LogP contribution in [0.2, 0.25) is 0 Å². The third-order valence-corrected chi connectivity index (χ3v) is 3.20. The molecule has 4 nitrogen and oxygen atoms in total. The number of ketones is 1. The summed E-state index contributed by atoms with van der Waals surface area (Å²) in [4.78, 5) is 12.6. The Labute approximate surface area is 119 Å². The highest BCUT2D eigenvalue weighted by atomic mass is 16.5.